The van der Waals surface area contributed by atoms with Crippen molar-refractivity contribution in [3.63, 3.8) is 0 Å². The maximum atomic E-state index is 12.0. The van der Waals surface area contributed by atoms with Crippen molar-refractivity contribution < 1.29 is 9.32 Å². The smallest absolute Gasteiger partial charge is 0.228 e. The molecule has 1 aromatic heterocycles. The van der Waals surface area contributed by atoms with Gasteiger partial charge in [0.15, 0.2) is 5.58 Å². The fraction of sp³-hybridized carbons (Fsp3) is 0.385. The number of alkyl halides is 1. The Bertz CT molecular complexity index is 551. The lowest BCUT2D eigenvalue weighted by Gasteiger charge is -2.17. The summed E-state index contributed by atoms with van der Waals surface area (Å²) in [5.41, 5.74) is 1.37. The van der Waals surface area contributed by atoms with Crippen LogP contribution >= 0.6 is 11.6 Å². The van der Waals surface area contributed by atoms with Crippen LogP contribution in [0.5, 0.6) is 0 Å². The molecule has 0 saturated heterocycles. The lowest BCUT2D eigenvalue weighted by Crippen LogP contribution is -2.32. The van der Waals surface area contributed by atoms with Crippen LogP contribution in [-0.4, -0.2) is 34.9 Å². The van der Waals surface area contributed by atoms with Gasteiger partial charge in [-0.05, 0) is 19.1 Å². The van der Waals surface area contributed by atoms with E-state index in [2.05, 4.69) is 5.16 Å². The molecule has 2 rings (SSSR count). The van der Waals surface area contributed by atoms with Crippen LogP contribution in [0.1, 0.15) is 12.6 Å². The van der Waals surface area contributed by atoms with E-state index in [0.717, 1.165) is 5.39 Å². The van der Waals surface area contributed by atoms with E-state index in [1.807, 2.05) is 31.2 Å². The van der Waals surface area contributed by atoms with Crippen molar-refractivity contribution in [3.05, 3.63) is 30.0 Å². The largest absolute Gasteiger partial charge is 0.356 e. The number of aromatic nitrogens is 1. The Morgan fingerprint density at radius 2 is 2.22 bits per heavy atom. The van der Waals surface area contributed by atoms with E-state index in [4.69, 9.17) is 16.1 Å². The fourth-order valence-corrected chi connectivity index (χ4v) is 2.03. The zero-order valence-electron chi connectivity index (χ0n) is 10.4. The molecule has 0 aliphatic heterocycles. The SMILES string of the molecule is CC(Cl)CN(C)C(=O)Cc1noc2ccccc12. The highest BCUT2D eigenvalue weighted by atomic mass is 35.5. The molecule has 1 atom stereocenters. The number of hydrogen-bond acceptors (Lipinski definition) is 3. The van der Waals surface area contributed by atoms with Gasteiger partial charge in [0.1, 0.15) is 5.69 Å². The maximum Gasteiger partial charge on any atom is 0.228 e. The Morgan fingerprint density at radius 1 is 1.50 bits per heavy atom. The van der Waals surface area contributed by atoms with Crippen molar-refractivity contribution in [1.29, 1.82) is 0 Å². The summed E-state index contributed by atoms with van der Waals surface area (Å²) in [5.74, 6) is -0.0125. The topological polar surface area (TPSA) is 46.3 Å². The van der Waals surface area contributed by atoms with E-state index < -0.39 is 0 Å². The monoisotopic (exact) mass is 266 g/mol. The van der Waals surface area contributed by atoms with Crippen molar-refractivity contribution in [2.45, 2.75) is 18.7 Å². The Morgan fingerprint density at radius 3 is 2.94 bits per heavy atom. The third kappa shape index (κ3) is 2.82. The molecule has 1 unspecified atom stereocenters. The number of benzene rings is 1. The molecule has 0 radical (unpaired) electrons. The number of rotatable bonds is 4. The Balaban J connectivity index is 2.12. The van der Waals surface area contributed by atoms with Gasteiger partial charge < -0.3 is 9.42 Å². The second kappa shape index (κ2) is 5.40. The molecule has 96 valence electrons. The number of para-hydroxylation sites is 1. The molecule has 1 aromatic carbocycles. The predicted octanol–water partition coefficient (Wildman–Crippen LogP) is 2.46. The first-order valence-electron chi connectivity index (χ1n) is 5.79. The van der Waals surface area contributed by atoms with Crippen LogP contribution in [0.4, 0.5) is 0 Å². The van der Waals surface area contributed by atoms with E-state index >= 15 is 0 Å². The Hall–Kier alpha value is -1.55. The lowest BCUT2D eigenvalue weighted by molar-refractivity contribution is -0.129. The number of carbonyl (C=O) groups is 1. The minimum Gasteiger partial charge on any atom is -0.356 e. The van der Waals surface area contributed by atoms with Gasteiger partial charge in [0, 0.05) is 24.4 Å². The van der Waals surface area contributed by atoms with Gasteiger partial charge in [-0.15, -0.1) is 11.6 Å². The summed E-state index contributed by atoms with van der Waals surface area (Å²) in [6, 6.07) is 7.51. The number of carbonyl (C=O) groups excluding carboxylic acids is 1. The average molecular weight is 267 g/mol. The van der Waals surface area contributed by atoms with Gasteiger partial charge in [0.25, 0.3) is 0 Å². The van der Waals surface area contributed by atoms with Gasteiger partial charge in [0.2, 0.25) is 5.91 Å². The van der Waals surface area contributed by atoms with E-state index in [-0.39, 0.29) is 17.7 Å². The van der Waals surface area contributed by atoms with Crippen LogP contribution in [0.2, 0.25) is 0 Å². The van der Waals surface area contributed by atoms with Gasteiger partial charge in [-0.25, -0.2) is 0 Å². The van der Waals surface area contributed by atoms with Gasteiger partial charge in [-0.2, -0.15) is 0 Å². The molecule has 0 aliphatic carbocycles. The number of hydrogen-bond donors (Lipinski definition) is 0. The molecule has 18 heavy (non-hydrogen) atoms. The Labute approximate surface area is 110 Å². The van der Waals surface area contributed by atoms with Crippen LogP contribution in [0.15, 0.2) is 28.8 Å². The fourth-order valence-electron chi connectivity index (χ4n) is 1.82. The molecule has 5 heteroatoms. The second-order valence-corrected chi connectivity index (χ2v) is 5.10. The van der Waals surface area contributed by atoms with E-state index in [0.29, 0.717) is 17.8 Å². The molecule has 1 heterocycles. The van der Waals surface area contributed by atoms with E-state index in [9.17, 15) is 4.79 Å². The zero-order valence-corrected chi connectivity index (χ0v) is 11.1. The minimum absolute atomic E-state index is 0.0125. The second-order valence-electron chi connectivity index (χ2n) is 4.36. The highest BCUT2D eigenvalue weighted by Gasteiger charge is 2.16. The number of amides is 1. The van der Waals surface area contributed by atoms with Crippen LogP contribution in [-0.2, 0) is 11.2 Å². The molecule has 2 aromatic rings. The van der Waals surface area contributed by atoms with E-state index in [1.165, 1.54) is 0 Å². The highest BCUT2D eigenvalue weighted by Crippen LogP contribution is 2.18. The summed E-state index contributed by atoms with van der Waals surface area (Å²) >= 11 is 5.87. The van der Waals surface area contributed by atoms with Crippen LogP contribution in [0.3, 0.4) is 0 Å². The summed E-state index contributed by atoms with van der Waals surface area (Å²) in [6.07, 6.45) is 0.233. The third-order valence-electron chi connectivity index (χ3n) is 2.72. The predicted molar refractivity (Wildman–Crippen MR) is 70.7 cm³/mol. The Kier molecular flexibility index (Phi) is 3.87. The zero-order chi connectivity index (χ0) is 13.1. The number of fused-ring (bicyclic) bond motifs is 1. The van der Waals surface area contributed by atoms with Crippen molar-refractivity contribution in [2.75, 3.05) is 13.6 Å². The van der Waals surface area contributed by atoms with E-state index in [1.54, 1.807) is 11.9 Å². The average Bonchev–Trinajstić information content (AvgIpc) is 2.72. The number of halogens is 1. The minimum atomic E-state index is -0.0620. The van der Waals surface area contributed by atoms with Crippen LogP contribution in [0.25, 0.3) is 11.0 Å². The first-order chi connectivity index (χ1) is 8.58. The lowest BCUT2D eigenvalue weighted by atomic mass is 10.1. The van der Waals surface area contributed by atoms with Gasteiger partial charge in [-0.1, -0.05) is 17.3 Å². The third-order valence-corrected chi connectivity index (χ3v) is 2.86. The highest BCUT2D eigenvalue weighted by molar-refractivity contribution is 6.20. The molecule has 0 saturated carbocycles. The molecule has 1 amide bonds. The van der Waals surface area contributed by atoms with Gasteiger partial charge in [-0.3, -0.25) is 4.79 Å². The summed E-state index contributed by atoms with van der Waals surface area (Å²) in [7, 11) is 1.74. The standard InChI is InChI=1S/C13H15ClN2O2/c1-9(14)8-16(2)13(17)7-11-10-5-3-4-6-12(10)18-15-11/h3-6,9H,7-8H2,1-2H3. The molecule has 4 nitrogen and oxygen atoms in total. The summed E-state index contributed by atoms with van der Waals surface area (Å²) in [5, 5.41) is 4.77. The number of likely N-dealkylation sites (N-methyl/N-ethyl adjacent to an activating group) is 1. The molecular weight excluding hydrogens is 252 g/mol. The summed E-state index contributed by atoms with van der Waals surface area (Å²) < 4.78 is 5.16. The molecule has 0 N–H and O–H groups in total. The van der Waals surface area contributed by atoms with Crippen molar-refractivity contribution >= 4 is 28.5 Å². The quantitative estimate of drug-likeness (QED) is 0.799. The molecule has 0 fully saturated rings. The molecule has 0 bridgehead atoms. The van der Waals surface area contributed by atoms with Gasteiger partial charge >= 0.3 is 0 Å². The van der Waals surface area contributed by atoms with Gasteiger partial charge in [0.05, 0.1) is 6.42 Å². The van der Waals surface area contributed by atoms with Crippen LogP contribution in [0, 0.1) is 0 Å². The molecule has 0 spiro atoms. The first-order valence-corrected chi connectivity index (χ1v) is 6.23. The van der Waals surface area contributed by atoms with Crippen LogP contribution < -0.4 is 0 Å². The molecule has 0 aliphatic rings. The first kappa shape index (κ1) is 12.9. The van der Waals surface area contributed by atoms with Crippen molar-refractivity contribution in [1.82, 2.24) is 10.1 Å². The number of nitrogens with zero attached hydrogens (tertiary/aromatic N) is 2. The summed E-state index contributed by atoms with van der Waals surface area (Å²) in [6.45, 7) is 2.38. The normalized spacial score (nSPS) is 12.6. The maximum absolute atomic E-state index is 12.0. The molecular formula is C13H15ClN2O2. The van der Waals surface area contributed by atoms with Crippen molar-refractivity contribution in [3.8, 4) is 0 Å². The summed E-state index contributed by atoms with van der Waals surface area (Å²) in [4.78, 5) is 13.6. The van der Waals surface area contributed by atoms with Crippen molar-refractivity contribution in [2.24, 2.45) is 0 Å².